The maximum absolute atomic E-state index is 12.0. The second-order valence-corrected chi connectivity index (χ2v) is 5.01. The van der Waals surface area contributed by atoms with E-state index in [0.717, 1.165) is 13.1 Å². The molecule has 0 radical (unpaired) electrons. The Morgan fingerprint density at radius 3 is 2.37 bits per heavy atom. The summed E-state index contributed by atoms with van der Waals surface area (Å²) >= 11 is 4.81. The van der Waals surface area contributed by atoms with Crippen molar-refractivity contribution in [3.05, 3.63) is 24.3 Å². The average Bonchev–Trinajstić information content (AvgIpc) is 2.83. The van der Waals surface area contributed by atoms with Crippen LogP contribution in [0.3, 0.4) is 0 Å². The molecule has 0 spiro atoms. The number of amides is 1. The Kier molecular flexibility index (Phi) is 4.70. The van der Waals surface area contributed by atoms with Gasteiger partial charge in [-0.25, -0.2) is 0 Å². The minimum atomic E-state index is -0.0147. The molecule has 0 aromatic heterocycles. The van der Waals surface area contributed by atoms with Crippen LogP contribution in [0.5, 0.6) is 0 Å². The Hall–Kier alpha value is -1.66. The number of hydrogen-bond acceptors (Lipinski definition) is 3. The lowest BCUT2D eigenvalue weighted by atomic mass is 10.2. The van der Waals surface area contributed by atoms with Gasteiger partial charge in [0, 0.05) is 0 Å². The van der Waals surface area contributed by atoms with Gasteiger partial charge in [-0.05, 0) is 50.3 Å². The molecule has 1 aliphatic heterocycles. The fourth-order valence-corrected chi connectivity index (χ4v) is 2.28. The zero-order chi connectivity index (χ0) is 13.7. The van der Waals surface area contributed by atoms with Crippen LogP contribution in [0.15, 0.2) is 24.3 Å². The van der Waals surface area contributed by atoms with Crippen molar-refractivity contribution in [1.29, 1.82) is 0 Å². The fourth-order valence-electron chi connectivity index (χ4n) is 2.17. The van der Waals surface area contributed by atoms with Crippen LogP contribution in [0.2, 0.25) is 0 Å². The van der Waals surface area contributed by atoms with E-state index in [0.29, 0.717) is 17.9 Å². The number of likely N-dealkylation sites (tertiary alicyclic amines) is 1. The minimum Gasteiger partial charge on any atom is -0.376 e. The topological polar surface area (TPSA) is 70.4 Å². The van der Waals surface area contributed by atoms with Crippen LogP contribution in [-0.2, 0) is 4.79 Å². The van der Waals surface area contributed by atoms with Crippen LogP contribution in [0, 0.1) is 0 Å². The molecule has 0 atom stereocenters. The van der Waals surface area contributed by atoms with Crippen molar-refractivity contribution < 1.29 is 4.79 Å². The summed E-state index contributed by atoms with van der Waals surface area (Å²) in [7, 11) is 0. The summed E-state index contributed by atoms with van der Waals surface area (Å²) < 4.78 is 0. The van der Waals surface area contributed by atoms with Gasteiger partial charge in [0.2, 0.25) is 5.91 Å². The molecule has 0 unspecified atom stereocenters. The van der Waals surface area contributed by atoms with Crippen molar-refractivity contribution in [2.24, 2.45) is 5.73 Å². The number of hydrogen-bond donors (Lipinski definition) is 3. The van der Waals surface area contributed by atoms with Gasteiger partial charge in [0.15, 0.2) is 5.11 Å². The van der Waals surface area contributed by atoms with Crippen LogP contribution in [0.4, 0.5) is 11.4 Å². The second-order valence-electron chi connectivity index (χ2n) is 4.57. The zero-order valence-corrected chi connectivity index (χ0v) is 11.5. The first kappa shape index (κ1) is 13.8. The minimum absolute atomic E-state index is 0.0147. The molecule has 1 aliphatic rings. The molecule has 0 bridgehead atoms. The highest BCUT2D eigenvalue weighted by molar-refractivity contribution is 7.80. The fraction of sp³-hybridized carbons (Fsp3) is 0.385. The molecule has 5 nitrogen and oxygen atoms in total. The first-order chi connectivity index (χ1) is 9.15. The van der Waals surface area contributed by atoms with E-state index >= 15 is 0 Å². The summed E-state index contributed by atoms with van der Waals surface area (Å²) in [6.45, 7) is 2.43. The molecule has 19 heavy (non-hydrogen) atoms. The molecule has 0 aliphatic carbocycles. The van der Waals surface area contributed by atoms with Gasteiger partial charge < -0.3 is 16.4 Å². The number of carbonyl (C=O) groups is 1. The SMILES string of the molecule is NC(=S)Nc1ccccc1NC(=O)CN1CCCC1. The average molecular weight is 278 g/mol. The maximum atomic E-state index is 12.0. The number of nitrogens with zero attached hydrogens (tertiary/aromatic N) is 1. The second kappa shape index (κ2) is 6.49. The lowest BCUT2D eigenvalue weighted by Crippen LogP contribution is -2.31. The van der Waals surface area contributed by atoms with Gasteiger partial charge in [0.05, 0.1) is 17.9 Å². The highest BCUT2D eigenvalue weighted by Crippen LogP contribution is 2.20. The Morgan fingerprint density at radius 1 is 1.21 bits per heavy atom. The summed E-state index contributed by atoms with van der Waals surface area (Å²) in [6, 6.07) is 7.36. The Bertz CT molecular complexity index is 471. The van der Waals surface area contributed by atoms with Crippen LogP contribution in [0.1, 0.15) is 12.8 Å². The van der Waals surface area contributed by atoms with Crippen molar-refractivity contribution in [3.8, 4) is 0 Å². The molecule has 1 fully saturated rings. The summed E-state index contributed by atoms with van der Waals surface area (Å²) in [5.41, 5.74) is 6.86. The molecular formula is C13H18N4OS. The van der Waals surface area contributed by atoms with Crippen molar-refractivity contribution in [2.75, 3.05) is 30.3 Å². The number of nitrogens with two attached hydrogens (primary N) is 1. The molecule has 1 aromatic carbocycles. The molecule has 2 rings (SSSR count). The smallest absolute Gasteiger partial charge is 0.238 e. The predicted molar refractivity (Wildman–Crippen MR) is 81.2 cm³/mol. The monoisotopic (exact) mass is 278 g/mol. The van der Waals surface area contributed by atoms with Crippen LogP contribution >= 0.6 is 12.2 Å². The Morgan fingerprint density at radius 2 is 1.79 bits per heavy atom. The van der Waals surface area contributed by atoms with Gasteiger partial charge in [-0.1, -0.05) is 12.1 Å². The van der Waals surface area contributed by atoms with Gasteiger partial charge in [-0.3, -0.25) is 9.69 Å². The van der Waals surface area contributed by atoms with Crippen LogP contribution in [0.25, 0.3) is 0 Å². The summed E-state index contributed by atoms with van der Waals surface area (Å²) in [5, 5.41) is 5.92. The van der Waals surface area contributed by atoms with E-state index in [2.05, 4.69) is 15.5 Å². The predicted octanol–water partition coefficient (Wildman–Crippen LogP) is 1.38. The maximum Gasteiger partial charge on any atom is 0.238 e. The van der Waals surface area contributed by atoms with Crippen molar-refractivity contribution >= 4 is 34.6 Å². The normalized spacial score (nSPS) is 15.2. The number of nitrogens with one attached hydrogen (secondary N) is 2. The molecule has 102 valence electrons. The number of benzene rings is 1. The molecule has 1 heterocycles. The molecular weight excluding hydrogens is 260 g/mol. The third-order valence-corrected chi connectivity index (χ3v) is 3.13. The molecule has 0 saturated carbocycles. The van der Waals surface area contributed by atoms with Gasteiger partial charge in [-0.15, -0.1) is 0 Å². The van der Waals surface area contributed by atoms with E-state index in [-0.39, 0.29) is 11.0 Å². The Balaban J connectivity index is 1.97. The van der Waals surface area contributed by atoms with E-state index in [9.17, 15) is 4.79 Å². The number of carbonyl (C=O) groups excluding carboxylic acids is 1. The third-order valence-electron chi connectivity index (χ3n) is 3.02. The molecule has 1 aromatic rings. The van der Waals surface area contributed by atoms with Gasteiger partial charge in [-0.2, -0.15) is 0 Å². The van der Waals surface area contributed by atoms with Crippen LogP contribution < -0.4 is 16.4 Å². The molecule has 4 N–H and O–H groups in total. The van der Waals surface area contributed by atoms with E-state index in [1.165, 1.54) is 12.8 Å². The molecule has 1 saturated heterocycles. The zero-order valence-electron chi connectivity index (χ0n) is 10.7. The Labute approximate surface area is 118 Å². The van der Waals surface area contributed by atoms with Crippen molar-refractivity contribution in [3.63, 3.8) is 0 Å². The highest BCUT2D eigenvalue weighted by Gasteiger charge is 2.15. The number of anilines is 2. The molecule has 1 amide bonds. The van der Waals surface area contributed by atoms with E-state index < -0.39 is 0 Å². The first-order valence-corrected chi connectivity index (χ1v) is 6.73. The third kappa shape index (κ3) is 4.18. The van der Waals surface area contributed by atoms with E-state index in [1.54, 1.807) is 0 Å². The summed E-state index contributed by atoms with van der Waals surface area (Å²) in [6.07, 6.45) is 2.35. The standard InChI is InChI=1S/C13H18N4OS/c14-13(19)16-11-6-2-1-5-10(11)15-12(18)9-17-7-3-4-8-17/h1-2,5-6H,3-4,7-9H2,(H,15,18)(H3,14,16,19). The van der Waals surface area contributed by atoms with Crippen LogP contribution in [-0.4, -0.2) is 35.6 Å². The van der Waals surface area contributed by atoms with E-state index in [4.69, 9.17) is 18.0 Å². The van der Waals surface area contributed by atoms with Crippen molar-refractivity contribution in [2.45, 2.75) is 12.8 Å². The lowest BCUT2D eigenvalue weighted by molar-refractivity contribution is -0.117. The summed E-state index contributed by atoms with van der Waals surface area (Å²) in [4.78, 5) is 14.1. The molecule has 6 heteroatoms. The highest BCUT2D eigenvalue weighted by atomic mass is 32.1. The first-order valence-electron chi connectivity index (χ1n) is 6.33. The number of thiocarbonyl (C=S) groups is 1. The van der Waals surface area contributed by atoms with Gasteiger partial charge in [0.25, 0.3) is 0 Å². The summed E-state index contributed by atoms with van der Waals surface area (Å²) in [5.74, 6) is -0.0147. The van der Waals surface area contributed by atoms with Gasteiger partial charge in [0.1, 0.15) is 0 Å². The quantitative estimate of drug-likeness (QED) is 0.726. The number of rotatable bonds is 4. The van der Waals surface area contributed by atoms with Gasteiger partial charge >= 0.3 is 0 Å². The van der Waals surface area contributed by atoms with E-state index in [1.807, 2.05) is 24.3 Å². The number of para-hydroxylation sites is 2. The lowest BCUT2D eigenvalue weighted by Gasteiger charge is -2.16. The largest absolute Gasteiger partial charge is 0.376 e. The van der Waals surface area contributed by atoms with Crippen molar-refractivity contribution in [1.82, 2.24) is 4.90 Å².